The Balaban J connectivity index is 1.57. The van der Waals surface area contributed by atoms with E-state index in [1.165, 1.54) is 17.7 Å². The highest BCUT2D eigenvalue weighted by Crippen LogP contribution is 2.28. The number of nitrogens with zero attached hydrogens (tertiary/aromatic N) is 4. The van der Waals surface area contributed by atoms with Gasteiger partial charge in [0.2, 0.25) is 5.13 Å². The second-order valence-corrected chi connectivity index (χ2v) is 7.66. The molecule has 0 atom stereocenters. The van der Waals surface area contributed by atoms with Crippen molar-refractivity contribution in [2.75, 3.05) is 5.32 Å². The van der Waals surface area contributed by atoms with E-state index in [1.807, 2.05) is 24.3 Å². The number of aromatic amines is 1. The lowest BCUT2D eigenvalue weighted by molar-refractivity contribution is 0.102. The number of carbonyl (C=O) groups is 1. The maximum Gasteiger partial charge on any atom is 0.257 e. The SMILES string of the molecule is CCC(CC)c1nnc(NC(=O)c2ccc(CSc3ncn[nH]3)cc2)s1. The Labute approximate surface area is 160 Å². The molecule has 0 aliphatic heterocycles. The average molecular weight is 389 g/mol. The summed E-state index contributed by atoms with van der Waals surface area (Å²) < 4.78 is 0. The molecule has 7 nitrogen and oxygen atoms in total. The second kappa shape index (κ2) is 8.91. The van der Waals surface area contributed by atoms with Gasteiger partial charge in [-0.3, -0.25) is 15.2 Å². The number of H-pyrrole nitrogens is 1. The molecule has 0 bridgehead atoms. The summed E-state index contributed by atoms with van der Waals surface area (Å²) in [4.78, 5) is 16.5. The number of anilines is 1. The normalized spacial score (nSPS) is 11.0. The number of amides is 1. The van der Waals surface area contributed by atoms with Crippen LogP contribution < -0.4 is 5.32 Å². The second-order valence-electron chi connectivity index (χ2n) is 5.69. The number of aromatic nitrogens is 5. The molecule has 136 valence electrons. The fourth-order valence-electron chi connectivity index (χ4n) is 2.43. The molecule has 0 spiro atoms. The molecule has 0 fully saturated rings. The highest BCUT2D eigenvalue weighted by Gasteiger charge is 2.15. The summed E-state index contributed by atoms with van der Waals surface area (Å²) in [6.45, 7) is 4.27. The van der Waals surface area contributed by atoms with Crippen molar-refractivity contribution >= 4 is 34.1 Å². The lowest BCUT2D eigenvalue weighted by atomic mass is 10.1. The van der Waals surface area contributed by atoms with Gasteiger partial charge < -0.3 is 0 Å². The van der Waals surface area contributed by atoms with Crippen LogP contribution in [0.25, 0.3) is 0 Å². The summed E-state index contributed by atoms with van der Waals surface area (Å²) in [6, 6.07) is 7.50. The summed E-state index contributed by atoms with van der Waals surface area (Å²) in [5, 5.41) is 20.0. The molecule has 9 heteroatoms. The molecule has 0 aliphatic carbocycles. The quantitative estimate of drug-likeness (QED) is 0.564. The third kappa shape index (κ3) is 4.67. The zero-order chi connectivity index (χ0) is 18.4. The molecule has 0 saturated heterocycles. The highest BCUT2D eigenvalue weighted by molar-refractivity contribution is 7.98. The van der Waals surface area contributed by atoms with Gasteiger partial charge in [-0.2, -0.15) is 5.10 Å². The predicted molar refractivity (Wildman–Crippen MR) is 104 cm³/mol. The molecule has 2 aromatic heterocycles. The number of benzene rings is 1. The minimum absolute atomic E-state index is 0.174. The first-order valence-corrected chi connectivity index (χ1v) is 10.2. The van der Waals surface area contributed by atoms with Crippen LogP contribution in [0.5, 0.6) is 0 Å². The Morgan fingerprint density at radius 1 is 1.23 bits per heavy atom. The van der Waals surface area contributed by atoms with Crippen molar-refractivity contribution in [2.24, 2.45) is 0 Å². The fraction of sp³-hybridized carbons (Fsp3) is 0.353. The Morgan fingerprint density at radius 2 is 2.00 bits per heavy atom. The van der Waals surface area contributed by atoms with E-state index in [0.29, 0.717) is 16.6 Å². The van der Waals surface area contributed by atoms with Gasteiger partial charge in [-0.25, -0.2) is 4.98 Å². The highest BCUT2D eigenvalue weighted by atomic mass is 32.2. The van der Waals surface area contributed by atoms with Gasteiger partial charge in [0.1, 0.15) is 11.3 Å². The topological polar surface area (TPSA) is 96.5 Å². The summed E-state index contributed by atoms with van der Waals surface area (Å²) in [5.74, 6) is 0.984. The molecule has 0 radical (unpaired) electrons. The van der Waals surface area contributed by atoms with Crippen LogP contribution in [-0.4, -0.2) is 31.3 Å². The van der Waals surface area contributed by atoms with Crippen LogP contribution >= 0.6 is 23.1 Å². The molecule has 0 aliphatic rings. The largest absolute Gasteiger partial charge is 0.296 e. The first-order chi connectivity index (χ1) is 12.7. The van der Waals surface area contributed by atoms with Crippen molar-refractivity contribution in [3.8, 4) is 0 Å². The van der Waals surface area contributed by atoms with Crippen LogP contribution in [0.3, 0.4) is 0 Å². The van der Waals surface area contributed by atoms with Gasteiger partial charge in [0.05, 0.1) is 0 Å². The predicted octanol–water partition coefficient (Wildman–Crippen LogP) is 4.10. The number of hydrogen-bond donors (Lipinski definition) is 2. The van der Waals surface area contributed by atoms with Crippen LogP contribution in [0.1, 0.15) is 53.5 Å². The molecule has 26 heavy (non-hydrogen) atoms. The number of hydrogen-bond acceptors (Lipinski definition) is 7. The van der Waals surface area contributed by atoms with E-state index in [2.05, 4.69) is 44.5 Å². The number of carbonyl (C=O) groups excluding carboxylic acids is 1. The number of thioether (sulfide) groups is 1. The lowest BCUT2D eigenvalue weighted by Crippen LogP contribution is -2.11. The van der Waals surface area contributed by atoms with Crippen LogP contribution in [0.2, 0.25) is 0 Å². The first-order valence-electron chi connectivity index (χ1n) is 8.41. The van der Waals surface area contributed by atoms with Crippen molar-refractivity contribution < 1.29 is 4.79 Å². The molecular formula is C17H20N6OS2. The van der Waals surface area contributed by atoms with Gasteiger partial charge in [-0.1, -0.05) is 49.1 Å². The summed E-state index contributed by atoms with van der Waals surface area (Å²) >= 11 is 3.01. The van der Waals surface area contributed by atoms with E-state index in [9.17, 15) is 4.79 Å². The van der Waals surface area contributed by atoms with E-state index in [0.717, 1.165) is 34.3 Å². The Morgan fingerprint density at radius 3 is 2.65 bits per heavy atom. The third-order valence-electron chi connectivity index (χ3n) is 3.98. The van der Waals surface area contributed by atoms with Crippen LogP contribution in [0.15, 0.2) is 35.7 Å². The molecular weight excluding hydrogens is 368 g/mol. The molecule has 0 saturated carbocycles. The lowest BCUT2D eigenvalue weighted by Gasteiger charge is -2.06. The third-order valence-corrected chi connectivity index (χ3v) is 5.93. The monoisotopic (exact) mass is 388 g/mol. The van der Waals surface area contributed by atoms with Crippen molar-refractivity contribution in [1.82, 2.24) is 25.4 Å². The van der Waals surface area contributed by atoms with Crippen LogP contribution in [-0.2, 0) is 5.75 Å². The van der Waals surface area contributed by atoms with E-state index in [-0.39, 0.29) is 5.91 Å². The minimum atomic E-state index is -0.174. The van der Waals surface area contributed by atoms with Crippen LogP contribution in [0.4, 0.5) is 5.13 Å². The fourth-order valence-corrected chi connectivity index (χ4v) is 4.17. The van der Waals surface area contributed by atoms with E-state index >= 15 is 0 Å². The maximum absolute atomic E-state index is 12.4. The van der Waals surface area contributed by atoms with Crippen molar-refractivity contribution in [2.45, 2.75) is 43.5 Å². The van der Waals surface area contributed by atoms with E-state index < -0.39 is 0 Å². The van der Waals surface area contributed by atoms with Crippen LogP contribution in [0, 0.1) is 0 Å². The molecule has 2 heterocycles. The Hall–Kier alpha value is -2.26. The van der Waals surface area contributed by atoms with E-state index in [1.54, 1.807) is 11.8 Å². The van der Waals surface area contributed by atoms with Gasteiger partial charge in [0.25, 0.3) is 5.91 Å². The summed E-state index contributed by atoms with van der Waals surface area (Å²) in [6.07, 6.45) is 3.52. The van der Waals surface area contributed by atoms with Gasteiger partial charge in [0.15, 0.2) is 5.16 Å². The Bertz CT molecular complexity index is 827. The van der Waals surface area contributed by atoms with Gasteiger partial charge in [-0.05, 0) is 30.5 Å². The molecule has 1 aromatic carbocycles. The molecule has 1 amide bonds. The Kier molecular flexibility index (Phi) is 6.35. The maximum atomic E-state index is 12.4. The standard InChI is InChI=1S/C17H20N6OS2/c1-3-12(4-2)15-21-23-17(26-15)20-14(24)13-7-5-11(6-8-13)9-25-16-18-10-19-22-16/h5-8,10,12H,3-4,9H2,1-2H3,(H,18,19,22)(H,20,23,24). The van der Waals surface area contributed by atoms with Crippen molar-refractivity contribution in [1.29, 1.82) is 0 Å². The molecule has 0 unspecified atom stereocenters. The zero-order valence-corrected chi connectivity index (χ0v) is 16.2. The first kappa shape index (κ1) is 18.5. The molecule has 3 rings (SSSR count). The molecule has 2 N–H and O–H groups in total. The minimum Gasteiger partial charge on any atom is -0.296 e. The van der Waals surface area contributed by atoms with Crippen molar-refractivity contribution in [3.63, 3.8) is 0 Å². The summed E-state index contributed by atoms with van der Waals surface area (Å²) in [7, 11) is 0. The number of nitrogens with one attached hydrogen (secondary N) is 2. The van der Waals surface area contributed by atoms with Gasteiger partial charge in [-0.15, -0.1) is 10.2 Å². The van der Waals surface area contributed by atoms with Gasteiger partial charge >= 0.3 is 0 Å². The average Bonchev–Trinajstić information content (AvgIpc) is 3.34. The zero-order valence-electron chi connectivity index (χ0n) is 14.6. The molecule has 3 aromatic rings. The van der Waals surface area contributed by atoms with Crippen molar-refractivity contribution in [3.05, 3.63) is 46.7 Å². The van der Waals surface area contributed by atoms with Gasteiger partial charge in [0, 0.05) is 17.2 Å². The van der Waals surface area contributed by atoms with E-state index in [4.69, 9.17) is 0 Å². The smallest absolute Gasteiger partial charge is 0.257 e. The number of rotatable bonds is 8. The summed E-state index contributed by atoms with van der Waals surface area (Å²) in [5.41, 5.74) is 1.70.